The van der Waals surface area contributed by atoms with Gasteiger partial charge >= 0.3 is 0 Å². The number of hydrogen-bond acceptors (Lipinski definition) is 4. The average molecular weight is 279 g/mol. The average Bonchev–Trinajstić information content (AvgIpc) is 2.89. The second-order valence-corrected chi connectivity index (χ2v) is 6.80. The SMILES string of the molecule is CC1CC(CN)CN1C1=NS(=O)(=O)c2ccccc21. The lowest BCUT2D eigenvalue weighted by atomic mass is 10.1. The zero-order valence-electron chi connectivity index (χ0n) is 10.8. The number of hydrogen-bond donors (Lipinski definition) is 1. The molecule has 1 aromatic carbocycles. The van der Waals surface area contributed by atoms with Gasteiger partial charge in [0.2, 0.25) is 0 Å². The van der Waals surface area contributed by atoms with Crippen LogP contribution in [0.25, 0.3) is 0 Å². The molecule has 0 spiro atoms. The Kier molecular flexibility index (Phi) is 2.87. The van der Waals surface area contributed by atoms with Crippen molar-refractivity contribution in [2.45, 2.75) is 24.3 Å². The first-order valence-corrected chi connectivity index (χ1v) is 7.88. The molecule has 1 saturated heterocycles. The van der Waals surface area contributed by atoms with Crippen LogP contribution >= 0.6 is 0 Å². The molecule has 5 nitrogen and oxygen atoms in total. The van der Waals surface area contributed by atoms with Crippen LogP contribution in [0.5, 0.6) is 0 Å². The Bertz CT molecular complexity index is 639. The topological polar surface area (TPSA) is 75.8 Å². The monoisotopic (exact) mass is 279 g/mol. The number of nitrogens with zero attached hydrogens (tertiary/aromatic N) is 2. The Morgan fingerprint density at radius 3 is 2.84 bits per heavy atom. The fourth-order valence-electron chi connectivity index (χ4n) is 2.90. The fourth-order valence-corrected chi connectivity index (χ4v) is 4.12. The second kappa shape index (κ2) is 4.31. The predicted molar refractivity (Wildman–Crippen MR) is 73.5 cm³/mol. The molecule has 2 atom stereocenters. The van der Waals surface area contributed by atoms with Gasteiger partial charge in [0.1, 0.15) is 4.90 Å². The van der Waals surface area contributed by atoms with Crippen molar-refractivity contribution in [1.82, 2.24) is 4.90 Å². The van der Waals surface area contributed by atoms with Crippen molar-refractivity contribution in [2.75, 3.05) is 13.1 Å². The zero-order valence-corrected chi connectivity index (χ0v) is 11.6. The Hall–Kier alpha value is -1.40. The van der Waals surface area contributed by atoms with Crippen LogP contribution in [-0.4, -0.2) is 38.3 Å². The minimum Gasteiger partial charge on any atom is -0.352 e. The molecule has 6 heteroatoms. The molecule has 0 aromatic heterocycles. The molecule has 0 bridgehead atoms. The molecule has 19 heavy (non-hydrogen) atoms. The molecule has 3 rings (SSSR count). The number of benzene rings is 1. The lowest BCUT2D eigenvalue weighted by Gasteiger charge is -2.23. The molecular formula is C13H17N3O2S. The summed E-state index contributed by atoms with van der Waals surface area (Å²) in [5, 5.41) is 0. The van der Waals surface area contributed by atoms with E-state index in [1.54, 1.807) is 12.1 Å². The summed E-state index contributed by atoms with van der Waals surface area (Å²) in [5.74, 6) is 0.993. The predicted octanol–water partition coefficient (Wildman–Crippen LogP) is 0.805. The van der Waals surface area contributed by atoms with E-state index in [0.29, 0.717) is 28.8 Å². The van der Waals surface area contributed by atoms with Crippen molar-refractivity contribution in [3.63, 3.8) is 0 Å². The van der Waals surface area contributed by atoms with E-state index in [4.69, 9.17) is 5.73 Å². The highest BCUT2D eigenvalue weighted by molar-refractivity contribution is 7.90. The highest BCUT2D eigenvalue weighted by Crippen LogP contribution is 2.32. The van der Waals surface area contributed by atoms with Gasteiger partial charge in [-0.15, -0.1) is 4.40 Å². The Morgan fingerprint density at radius 2 is 2.16 bits per heavy atom. The van der Waals surface area contributed by atoms with Gasteiger partial charge in [0, 0.05) is 18.2 Å². The molecule has 0 aliphatic carbocycles. The van der Waals surface area contributed by atoms with E-state index in [2.05, 4.69) is 16.2 Å². The van der Waals surface area contributed by atoms with Crippen LogP contribution in [0.15, 0.2) is 33.6 Å². The van der Waals surface area contributed by atoms with Gasteiger partial charge in [-0.3, -0.25) is 0 Å². The Labute approximate surface area is 113 Å². The number of sulfonamides is 1. The van der Waals surface area contributed by atoms with Gasteiger partial charge in [0.05, 0.1) is 0 Å². The zero-order chi connectivity index (χ0) is 13.6. The van der Waals surface area contributed by atoms with E-state index in [1.807, 2.05) is 12.1 Å². The van der Waals surface area contributed by atoms with E-state index in [1.165, 1.54) is 0 Å². The summed E-state index contributed by atoms with van der Waals surface area (Å²) in [6.07, 6.45) is 0.984. The highest BCUT2D eigenvalue weighted by atomic mass is 32.2. The summed E-state index contributed by atoms with van der Waals surface area (Å²) >= 11 is 0. The number of fused-ring (bicyclic) bond motifs is 1. The number of amidine groups is 1. The van der Waals surface area contributed by atoms with Crippen LogP contribution in [0.2, 0.25) is 0 Å². The summed E-state index contributed by atoms with van der Waals surface area (Å²) in [6, 6.07) is 7.28. The highest BCUT2D eigenvalue weighted by Gasteiger charge is 2.37. The molecule has 0 saturated carbocycles. The normalized spacial score (nSPS) is 28.3. The largest absolute Gasteiger partial charge is 0.352 e. The van der Waals surface area contributed by atoms with Crippen molar-refractivity contribution in [2.24, 2.45) is 16.0 Å². The maximum Gasteiger partial charge on any atom is 0.285 e. The van der Waals surface area contributed by atoms with Gasteiger partial charge in [0.15, 0.2) is 5.84 Å². The van der Waals surface area contributed by atoms with Gasteiger partial charge in [-0.25, -0.2) is 0 Å². The Morgan fingerprint density at radius 1 is 1.42 bits per heavy atom. The standard InChI is InChI=1S/C13H17N3O2S/c1-9-6-10(7-14)8-16(9)13-11-4-2-3-5-12(11)19(17,18)15-13/h2-5,9-10H,6-8,14H2,1H3. The molecule has 2 unspecified atom stereocenters. The summed E-state index contributed by atoms with van der Waals surface area (Å²) in [7, 11) is -3.52. The molecule has 0 amide bonds. The fraction of sp³-hybridized carbons (Fsp3) is 0.462. The Balaban J connectivity index is 2.04. The minimum atomic E-state index is -3.52. The quantitative estimate of drug-likeness (QED) is 0.825. The molecule has 2 heterocycles. The third-order valence-corrected chi connectivity index (χ3v) is 5.20. The maximum absolute atomic E-state index is 12.0. The van der Waals surface area contributed by atoms with Crippen LogP contribution < -0.4 is 5.73 Å². The molecule has 102 valence electrons. The van der Waals surface area contributed by atoms with Crippen LogP contribution in [0.3, 0.4) is 0 Å². The summed E-state index contributed by atoms with van der Waals surface area (Å²) in [4.78, 5) is 2.38. The first-order chi connectivity index (χ1) is 9.03. The molecule has 1 aromatic rings. The molecule has 0 radical (unpaired) electrons. The van der Waals surface area contributed by atoms with E-state index in [0.717, 1.165) is 13.0 Å². The van der Waals surface area contributed by atoms with E-state index in [9.17, 15) is 8.42 Å². The molecule has 2 N–H and O–H groups in total. The first-order valence-electron chi connectivity index (χ1n) is 6.44. The van der Waals surface area contributed by atoms with Gasteiger partial charge < -0.3 is 10.6 Å². The van der Waals surface area contributed by atoms with Crippen LogP contribution in [0.4, 0.5) is 0 Å². The maximum atomic E-state index is 12.0. The van der Waals surface area contributed by atoms with Crippen molar-refractivity contribution >= 4 is 15.9 Å². The molecule has 2 aliphatic rings. The smallest absolute Gasteiger partial charge is 0.285 e. The van der Waals surface area contributed by atoms with Gasteiger partial charge in [-0.1, -0.05) is 12.1 Å². The van der Waals surface area contributed by atoms with Crippen molar-refractivity contribution < 1.29 is 8.42 Å². The van der Waals surface area contributed by atoms with Crippen molar-refractivity contribution in [1.29, 1.82) is 0 Å². The first kappa shape index (κ1) is 12.6. The second-order valence-electron chi connectivity index (χ2n) is 5.22. The van der Waals surface area contributed by atoms with Crippen LogP contribution in [0.1, 0.15) is 18.9 Å². The lowest BCUT2D eigenvalue weighted by Crippen LogP contribution is -2.34. The van der Waals surface area contributed by atoms with Crippen LogP contribution in [-0.2, 0) is 10.0 Å². The summed E-state index contributed by atoms with van der Waals surface area (Å²) in [6.45, 7) is 3.49. The lowest BCUT2D eigenvalue weighted by molar-refractivity contribution is 0.412. The number of nitrogens with two attached hydrogens (primary N) is 1. The van der Waals surface area contributed by atoms with E-state index < -0.39 is 10.0 Å². The number of rotatable bonds is 1. The molecule has 2 aliphatic heterocycles. The van der Waals surface area contributed by atoms with Gasteiger partial charge in [-0.2, -0.15) is 8.42 Å². The minimum absolute atomic E-state index is 0.272. The van der Waals surface area contributed by atoms with Crippen LogP contribution in [0, 0.1) is 5.92 Å². The van der Waals surface area contributed by atoms with E-state index in [-0.39, 0.29) is 6.04 Å². The summed E-state index contributed by atoms with van der Waals surface area (Å²) in [5.41, 5.74) is 6.43. The van der Waals surface area contributed by atoms with Crippen molar-refractivity contribution in [3.05, 3.63) is 29.8 Å². The third kappa shape index (κ3) is 1.95. The molecule has 1 fully saturated rings. The third-order valence-electron chi connectivity index (χ3n) is 3.88. The molecular weight excluding hydrogens is 262 g/mol. The van der Waals surface area contributed by atoms with E-state index >= 15 is 0 Å². The van der Waals surface area contributed by atoms with Crippen molar-refractivity contribution in [3.8, 4) is 0 Å². The van der Waals surface area contributed by atoms with Gasteiger partial charge in [-0.05, 0) is 37.9 Å². The number of likely N-dealkylation sites (tertiary alicyclic amines) is 1. The van der Waals surface area contributed by atoms with Gasteiger partial charge in [0.25, 0.3) is 10.0 Å². The summed E-state index contributed by atoms with van der Waals surface area (Å²) < 4.78 is 28.0.